The fourth-order valence-electron chi connectivity index (χ4n) is 6.99. The Morgan fingerprint density at radius 1 is 0.900 bits per heavy atom. The molecule has 1 aromatic rings. The zero-order valence-electron chi connectivity index (χ0n) is 35.7. The predicted octanol–water partition coefficient (Wildman–Crippen LogP) is 0.647. The maximum absolute atomic E-state index is 14.5. The van der Waals surface area contributed by atoms with E-state index in [2.05, 4.69) is 31.6 Å². The van der Waals surface area contributed by atoms with Gasteiger partial charge < -0.3 is 47.7 Å². The lowest BCUT2D eigenvalue weighted by Gasteiger charge is -2.31. The second-order valence-corrected chi connectivity index (χ2v) is 16.1. The SMILES string of the molecule is CCCC(=O)N[C@@H](CCCN=C(C)N)C(=O)NCC(=O)N[C@@H](CC(=O)OC(C)(C)C)C(=O)N[C@H](CC1=CCc2ccccc21)C(=O)N1CCC[C@H]1C(=O)NC(CC)C(N)=O. The van der Waals surface area contributed by atoms with Crippen LogP contribution in [-0.2, 0) is 49.5 Å². The highest BCUT2D eigenvalue weighted by molar-refractivity contribution is 5.98. The minimum absolute atomic E-state index is 0.0236. The summed E-state index contributed by atoms with van der Waals surface area (Å²) < 4.78 is 5.47. The fraction of sp³-hybridized carbons (Fsp3) is 0.595. The Morgan fingerprint density at radius 3 is 2.25 bits per heavy atom. The van der Waals surface area contributed by atoms with E-state index in [4.69, 9.17) is 16.2 Å². The van der Waals surface area contributed by atoms with Crippen molar-refractivity contribution >= 4 is 58.7 Å². The van der Waals surface area contributed by atoms with E-state index in [0.717, 1.165) is 16.7 Å². The lowest BCUT2D eigenvalue weighted by molar-refractivity contribution is -0.156. The van der Waals surface area contributed by atoms with E-state index in [-0.39, 0.29) is 38.1 Å². The van der Waals surface area contributed by atoms with Crippen LogP contribution in [0.3, 0.4) is 0 Å². The summed E-state index contributed by atoms with van der Waals surface area (Å²) in [6.07, 6.45) is 4.39. The van der Waals surface area contributed by atoms with Crippen LogP contribution >= 0.6 is 0 Å². The molecule has 0 radical (unpaired) electrons. The Kier molecular flexibility index (Phi) is 18.7. The molecule has 7 amide bonds. The second-order valence-electron chi connectivity index (χ2n) is 16.1. The zero-order valence-corrected chi connectivity index (χ0v) is 35.7. The van der Waals surface area contributed by atoms with E-state index in [1.807, 2.05) is 37.3 Å². The molecule has 1 heterocycles. The van der Waals surface area contributed by atoms with Crippen LogP contribution in [0.15, 0.2) is 35.3 Å². The van der Waals surface area contributed by atoms with E-state index in [9.17, 15) is 38.4 Å². The van der Waals surface area contributed by atoms with Crippen LogP contribution in [0.5, 0.6) is 0 Å². The molecule has 0 bridgehead atoms. The van der Waals surface area contributed by atoms with Crippen molar-refractivity contribution < 1.29 is 43.1 Å². The number of hydrogen-bond donors (Lipinski definition) is 7. The number of esters is 1. The summed E-state index contributed by atoms with van der Waals surface area (Å²) in [6.45, 7) is 9.99. The first kappa shape index (κ1) is 48.6. The number of carbonyl (C=O) groups is 8. The van der Waals surface area contributed by atoms with Crippen molar-refractivity contribution in [2.24, 2.45) is 16.5 Å². The number of aliphatic imine (C=N–C) groups is 1. The molecule has 330 valence electrons. The molecule has 1 fully saturated rings. The van der Waals surface area contributed by atoms with Crippen molar-refractivity contribution in [2.75, 3.05) is 19.6 Å². The number of allylic oxidation sites excluding steroid dienone is 1. The number of ether oxygens (including phenoxy) is 1. The smallest absolute Gasteiger partial charge is 0.308 e. The van der Waals surface area contributed by atoms with Crippen LogP contribution in [0.4, 0.5) is 0 Å². The molecule has 18 heteroatoms. The number of benzene rings is 1. The topological polar surface area (TPSA) is 274 Å². The molecule has 1 aromatic carbocycles. The van der Waals surface area contributed by atoms with Crippen molar-refractivity contribution in [1.82, 2.24) is 31.5 Å². The van der Waals surface area contributed by atoms with Crippen LogP contribution in [0.1, 0.15) is 110 Å². The monoisotopic (exact) mass is 837 g/mol. The van der Waals surface area contributed by atoms with Crippen molar-refractivity contribution in [2.45, 2.75) is 142 Å². The first-order valence-corrected chi connectivity index (χ1v) is 20.7. The molecule has 1 aliphatic heterocycles. The molecule has 1 unspecified atom stereocenters. The van der Waals surface area contributed by atoms with Gasteiger partial charge in [0.1, 0.15) is 35.8 Å². The Labute approximate surface area is 351 Å². The highest BCUT2D eigenvalue weighted by Crippen LogP contribution is 2.31. The third-order valence-electron chi connectivity index (χ3n) is 9.88. The average Bonchev–Trinajstić information content (AvgIpc) is 3.83. The summed E-state index contributed by atoms with van der Waals surface area (Å²) in [5, 5.41) is 13.1. The lowest BCUT2D eigenvalue weighted by atomic mass is 9.98. The van der Waals surface area contributed by atoms with Gasteiger partial charge in [0, 0.05) is 25.9 Å². The van der Waals surface area contributed by atoms with Crippen molar-refractivity contribution in [3.8, 4) is 0 Å². The van der Waals surface area contributed by atoms with Gasteiger partial charge in [0.05, 0.1) is 18.8 Å². The number of nitrogens with zero attached hydrogens (tertiary/aromatic N) is 2. The van der Waals surface area contributed by atoms with Gasteiger partial charge in [0.15, 0.2) is 0 Å². The number of carbonyl (C=O) groups excluding carboxylic acids is 8. The number of rotatable bonds is 22. The molecule has 0 aromatic heterocycles. The van der Waals surface area contributed by atoms with Crippen LogP contribution in [0, 0.1) is 0 Å². The highest BCUT2D eigenvalue weighted by atomic mass is 16.6. The number of primary amides is 1. The van der Waals surface area contributed by atoms with Gasteiger partial charge in [-0.05, 0) is 89.3 Å². The Balaban J connectivity index is 1.86. The van der Waals surface area contributed by atoms with E-state index in [1.54, 1.807) is 34.6 Å². The van der Waals surface area contributed by atoms with Gasteiger partial charge >= 0.3 is 5.97 Å². The molecule has 1 aliphatic carbocycles. The number of likely N-dealkylation sites (tertiary alicyclic amines) is 1. The Morgan fingerprint density at radius 2 is 1.60 bits per heavy atom. The number of fused-ring (bicyclic) bond motifs is 1. The maximum Gasteiger partial charge on any atom is 0.308 e. The summed E-state index contributed by atoms with van der Waals surface area (Å²) in [7, 11) is 0. The van der Waals surface area contributed by atoms with Crippen molar-refractivity contribution in [3.05, 3.63) is 41.5 Å². The van der Waals surface area contributed by atoms with Gasteiger partial charge in [0.25, 0.3) is 0 Å². The molecule has 2 aliphatic rings. The first-order chi connectivity index (χ1) is 28.3. The standard InChI is InChI=1S/C42H63N9O9/c1-7-13-34(52)47-30(16-11-20-45-25(3)43)38(56)46-24-35(53)48-31(23-36(54)60-42(4,5)6)39(57)50-32(22-27-19-18-26-14-9-10-15-28(26)27)41(59)51-21-12-17-33(51)40(58)49-29(8-2)37(44)55/h9-10,14-15,19,29-33H,7-8,11-13,16-18,20-24H2,1-6H3,(H2,43,45)(H2,44,55)(H,46,56)(H,47,52)(H,48,53)(H,49,58)(H,50,57)/t29?,30-,31-,32+,33-/m0/s1. The fourth-order valence-corrected chi connectivity index (χ4v) is 6.99. The molecule has 0 spiro atoms. The third kappa shape index (κ3) is 15.4. The van der Waals surface area contributed by atoms with Gasteiger partial charge in [-0.15, -0.1) is 0 Å². The quantitative estimate of drug-likeness (QED) is 0.0371. The molecule has 5 atom stereocenters. The predicted molar refractivity (Wildman–Crippen MR) is 224 cm³/mol. The second kappa shape index (κ2) is 23.1. The largest absolute Gasteiger partial charge is 0.460 e. The maximum atomic E-state index is 14.5. The summed E-state index contributed by atoms with van der Waals surface area (Å²) in [6, 6.07) is 1.97. The van der Waals surface area contributed by atoms with Crippen LogP contribution in [0.25, 0.3) is 5.57 Å². The van der Waals surface area contributed by atoms with Crippen molar-refractivity contribution in [3.63, 3.8) is 0 Å². The number of nitrogens with two attached hydrogens (primary N) is 2. The van der Waals surface area contributed by atoms with Crippen LogP contribution in [0.2, 0.25) is 0 Å². The normalized spacial score (nSPS) is 16.9. The van der Waals surface area contributed by atoms with E-state index < -0.39 is 90.2 Å². The van der Waals surface area contributed by atoms with Gasteiger partial charge in [-0.1, -0.05) is 44.2 Å². The summed E-state index contributed by atoms with van der Waals surface area (Å²) in [4.78, 5) is 112. The molecule has 0 saturated carbocycles. The number of amidine groups is 1. The number of hydrogen-bond acceptors (Lipinski definition) is 10. The molecular formula is C42H63N9O9. The molecule has 9 N–H and O–H groups in total. The lowest BCUT2D eigenvalue weighted by Crippen LogP contribution is -2.58. The Bertz CT molecular complexity index is 1800. The molecular weight excluding hydrogens is 775 g/mol. The van der Waals surface area contributed by atoms with Crippen LogP contribution in [-0.4, -0.2) is 113 Å². The number of amides is 7. The summed E-state index contributed by atoms with van der Waals surface area (Å²) >= 11 is 0. The zero-order chi connectivity index (χ0) is 44.6. The summed E-state index contributed by atoms with van der Waals surface area (Å²) in [5.41, 5.74) is 12.9. The molecule has 1 saturated heterocycles. The van der Waals surface area contributed by atoms with E-state index in [1.165, 1.54) is 4.90 Å². The molecule has 3 rings (SSSR count). The van der Waals surface area contributed by atoms with Gasteiger partial charge in [0.2, 0.25) is 41.4 Å². The molecule has 60 heavy (non-hydrogen) atoms. The van der Waals surface area contributed by atoms with Gasteiger partial charge in [-0.3, -0.25) is 43.3 Å². The summed E-state index contributed by atoms with van der Waals surface area (Å²) in [5.74, 6) is -4.97. The average molecular weight is 838 g/mol. The number of nitrogens with one attached hydrogen (secondary N) is 5. The van der Waals surface area contributed by atoms with Crippen LogP contribution < -0.4 is 38.1 Å². The first-order valence-electron chi connectivity index (χ1n) is 20.7. The molecule has 18 nitrogen and oxygen atoms in total. The van der Waals surface area contributed by atoms with E-state index in [0.29, 0.717) is 44.5 Å². The van der Waals surface area contributed by atoms with Crippen molar-refractivity contribution in [1.29, 1.82) is 0 Å². The third-order valence-corrected chi connectivity index (χ3v) is 9.88. The van der Waals surface area contributed by atoms with Gasteiger partial charge in [-0.2, -0.15) is 0 Å². The van der Waals surface area contributed by atoms with Gasteiger partial charge in [-0.25, -0.2) is 0 Å². The minimum atomic E-state index is -1.56. The minimum Gasteiger partial charge on any atom is -0.460 e. The van der Waals surface area contributed by atoms with E-state index >= 15 is 0 Å². The highest BCUT2D eigenvalue weighted by Gasteiger charge is 2.40. The Hall–Kier alpha value is -5.81.